The summed E-state index contributed by atoms with van der Waals surface area (Å²) in [6.07, 6.45) is 3.07. The van der Waals surface area contributed by atoms with Crippen LogP contribution in [-0.4, -0.2) is 37.0 Å². The van der Waals surface area contributed by atoms with E-state index in [9.17, 15) is 8.42 Å². The van der Waals surface area contributed by atoms with Crippen LogP contribution in [0.2, 0.25) is 5.02 Å². The van der Waals surface area contributed by atoms with Crippen LogP contribution >= 0.6 is 38.9 Å². The second kappa shape index (κ2) is 6.41. The highest BCUT2D eigenvalue weighted by molar-refractivity contribution is 9.11. The van der Waals surface area contributed by atoms with Crippen LogP contribution in [0, 0.1) is 0 Å². The van der Waals surface area contributed by atoms with E-state index < -0.39 is 10.0 Å². The zero-order valence-electron chi connectivity index (χ0n) is 10.2. The molecule has 0 bridgehead atoms. The van der Waals surface area contributed by atoms with Crippen molar-refractivity contribution >= 4 is 48.9 Å². The largest absolute Gasteiger partial charge is 0.396 e. The molecule has 1 aromatic rings. The summed E-state index contributed by atoms with van der Waals surface area (Å²) >= 11 is 10.3. The third-order valence-corrected chi connectivity index (χ3v) is 8.08. The van der Waals surface area contributed by atoms with Crippen molar-refractivity contribution in [3.63, 3.8) is 0 Å². The minimum atomic E-state index is -3.46. The topological polar surface area (TPSA) is 57.6 Å². The maximum absolute atomic E-state index is 12.6. The van der Waals surface area contributed by atoms with Gasteiger partial charge in [-0.05, 0) is 47.7 Å². The van der Waals surface area contributed by atoms with E-state index in [0.29, 0.717) is 28.2 Å². The number of hydrogen-bond donors (Lipinski definition) is 1. The van der Waals surface area contributed by atoms with Crippen LogP contribution < -0.4 is 0 Å². The molecule has 1 atom stereocenters. The molecule has 8 heteroatoms. The molecule has 0 amide bonds. The van der Waals surface area contributed by atoms with Crippen molar-refractivity contribution in [1.29, 1.82) is 0 Å². The molecule has 1 unspecified atom stereocenters. The average Bonchev–Trinajstić information content (AvgIpc) is 2.95. The Kier molecular flexibility index (Phi) is 5.30. The molecule has 19 heavy (non-hydrogen) atoms. The highest BCUT2D eigenvalue weighted by Crippen LogP contribution is 2.38. The predicted molar refractivity (Wildman–Crippen MR) is 80.3 cm³/mol. The maximum Gasteiger partial charge on any atom is 0.252 e. The van der Waals surface area contributed by atoms with Crippen molar-refractivity contribution in [3.8, 4) is 0 Å². The normalized spacial score (nSPS) is 21.1. The number of nitrogens with zero attached hydrogens (tertiary/aromatic N) is 1. The van der Waals surface area contributed by atoms with Crippen LogP contribution in [0.1, 0.15) is 25.7 Å². The molecule has 0 aromatic carbocycles. The summed E-state index contributed by atoms with van der Waals surface area (Å²) < 4.78 is 27.6. The molecule has 108 valence electrons. The molecule has 1 aromatic heterocycles. The lowest BCUT2D eigenvalue weighted by molar-refractivity contribution is 0.264. The molecule has 0 radical (unpaired) electrons. The number of sulfonamides is 1. The summed E-state index contributed by atoms with van der Waals surface area (Å²) in [5, 5.41) is 9.31. The zero-order chi connectivity index (χ0) is 14.0. The Morgan fingerprint density at radius 2 is 2.32 bits per heavy atom. The van der Waals surface area contributed by atoms with E-state index in [1.54, 1.807) is 4.31 Å². The molecule has 4 nitrogen and oxygen atoms in total. The molecule has 2 rings (SSSR count). The monoisotopic (exact) mass is 387 g/mol. The number of halogens is 2. The second-order valence-electron chi connectivity index (χ2n) is 4.46. The summed E-state index contributed by atoms with van der Waals surface area (Å²) in [6.45, 7) is 0.645. The fraction of sp³-hybridized carbons (Fsp3) is 0.636. The van der Waals surface area contributed by atoms with Gasteiger partial charge in [0, 0.05) is 19.2 Å². The van der Waals surface area contributed by atoms with E-state index in [4.69, 9.17) is 16.7 Å². The van der Waals surface area contributed by atoms with Gasteiger partial charge in [-0.15, -0.1) is 11.3 Å². The van der Waals surface area contributed by atoms with Gasteiger partial charge in [0.05, 0.1) is 8.81 Å². The molecule has 1 aliphatic rings. The first kappa shape index (κ1) is 15.7. The third kappa shape index (κ3) is 3.33. The van der Waals surface area contributed by atoms with Gasteiger partial charge in [-0.3, -0.25) is 0 Å². The lowest BCUT2D eigenvalue weighted by Crippen LogP contribution is -2.35. The molecule has 1 saturated heterocycles. The number of thiophene rings is 1. The fourth-order valence-electron chi connectivity index (χ4n) is 2.31. The Hall–Kier alpha value is 0.340. The van der Waals surface area contributed by atoms with Crippen molar-refractivity contribution in [2.45, 2.75) is 35.9 Å². The molecule has 1 N–H and O–H groups in total. The SMILES string of the molecule is O=S(=O)(c1cc(Cl)c(Br)s1)N1CCCC1CCCO. The Labute approximate surface area is 130 Å². The summed E-state index contributed by atoms with van der Waals surface area (Å²) in [4.78, 5) is 0. The fourth-order valence-corrected chi connectivity index (χ4v) is 6.56. The minimum absolute atomic E-state index is 0.00296. The van der Waals surface area contributed by atoms with Crippen LogP contribution in [0.15, 0.2) is 14.1 Å². The molecule has 1 fully saturated rings. The summed E-state index contributed by atoms with van der Waals surface area (Å²) in [5.74, 6) is 0. The van der Waals surface area contributed by atoms with Gasteiger partial charge < -0.3 is 5.11 Å². The standard InChI is InChI=1S/C11H15BrClNO3S2/c12-11-9(13)7-10(18-11)19(16,17)14-5-1-3-8(14)4-2-6-15/h7-8,15H,1-6H2. The number of hydrogen-bond acceptors (Lipinski definition) is 4. The lowest BCUT2D eigenvalue weighted by atomic mass is 10.1. The maximum atomic E-state index is 12.6. The van der Waals surface area contributed by atoms with Gasteiger partial charge in [-0.1, -0.05) is 11.6 Å². The highest BCUT2D eigenvalue weighted by Gasteiger charge is 2.36. The number of aliphatic hydroxyl groups excluding tert-OH is 1. The quantitative estimate of drug-likeness (QED) is 0.843. The van der Waals surface area contributed by atoms with E-state index >= 15 is 0 Å². The van der Waals surface area contributed by atoms with Crippen molar-refractivity contribution in [2.24, 2.45) is 0 Å². The minimum Gasteiger partial charge on any atom is -0.396 e. The van der Waals surface area contributed by atoms with Crippen LogP contribution in [0.3, 0.4) is 0 Å². The van der Waals surface area contributed by atoms with Gasteiger partial charge in [-0.2, -0.15) is 4.31 Å². The van der Waals surface area contributed by atoms with Gasteiger partial charge in [0.25, 0.3) is 10.0 Å². The highest BCUT2D eigenvalue weighted by atomic mass is 79.9. The Bertz CT molecular complexity index is 527. The summed E-state index contributed by atoms with van der Waals surface area (Å²) in [6, 6.07) is 1.49. The molecule has 0 spiro atoms. The first-order chi connectivity index (χ1) is 8.96. The molecule has 2 heterocycles. The summed E-state index contributed by atoms with van der Waals surface area (Å²) in [7, 11) is -3.46. The van der Waals surface area contributed by atoms with Crippen molar-refractivity contribution in [2.75, 3.05) is 13.2 Å². The van der Waals surface area contributed by atoms with Gasteiger partial charge in [0.2, 0.25) is 0 Å². The Morgan fingerprint density at radius 1 is 1.58 bits per heavy atom. The zero-order valence-corrected chi connectivity index (χ0v) is 14.2. The summed E-state index contributed by atoms with van der Waals surface area (Å²) in [5.41, 5.74) is 0. The van der Waals surface area contributed by atoms with Crippen molar-refractivity contribution in [3.05, 3.63) is 14.9 Å². The van der Waals surface area contributed by atoms with E-state index in [2.05, 4.69) is 15.9 Å². The van der Waals surface area contributed by atoms with E-state index in [0.717, 1.165) is 24.2 Å². The average molecular weight is 389 g/mol. The second-order valence-corrected chi connectivity index (χ2v) is 9.36. The molecule has 0 saturated carbocycles. The van der Waals surface area contributed by atoms with E-state index in [1.165, 1.54) is 6.07 Å². The molecule has 1 aliphatic heterocycles. The number of rotatable bonds is 5. The Balaban J connectivity index is 2.23. The third-order valence-electron chi connectivity index (χ3n) is 3.20. The van der Waals surface area contributed by atoms with Gasteiger partial charge in [0.1, 0.15) is 4.21 Å². The van der Waals surface area contributed by atoms with Crippen LogP contribution in [0.4, 0.5) is 0 Å². The number of aliphatic hydroxyl groups is 1. The lowest BCUT2D eigenvalue weighted by Gasteiger charge is -2.23. The first-order valence-electron chi connectivity index (χ1n) is 6.04. The van der Waals surface area contributed by atoms with Crippen LogP contribution in [0.5, 0.6) is 0 Å². The van der Waals surface area contributed by atoms with Crippen molar-refractivity contribution < 1.29 is 13.5 Å². The first-order valence-corrected chi connectivity index (χ1v) is 9.47. The van der Waals surface area contributed by atoms with Gasteiger partial charge >= 0.3 is 0 Å². The van der Waals surface area contributed by atoms with E-state index in [1.807, 2.05) is 0 Å². The molecular formula is C11H15BrClNO3S2. The predicted octanol–water partition coefficient (Wildman–Crippen LogP) is 3.09. The van der Waals surface area contributed by atoms with Crippen LogP contribution in [-0.2, 0) is 10.0 Å². The molecular weight excluding hydrogens is 374 g/mol. The van der Waals surface area contributed by atoms with Gasteiger partial charge in [0.15, 0.2) is 0 Å². The van der Waals surface area contributed by atoms with E-state index in [-0.39, 0.29) is 16.9 Å². The van der Waals surface area contributed by atoms with Crippen molar-refractivity contribution in [1.82, 2.24) is 4.31 Å². The Morgan fingerprint density at radius 3 is 2.89 bits per heavy atom. The smallest absolute Gasteiger partial charge is 0.252 e. The molecule has 0 aliphatic carbocycles. The van der Waals surface area contributed by atoms with Crippen LogP contribution in [0.25, 0.3) is 0 Å². The van der Waals surface area contributed by atoms with Gasteiger partial charge in [-0.25, -0.2) is 8.42 Å².